The van der Waals surface area contributed by atoms with Crippen LogP contribution in [0.5, 0.6) is 0 Å². The summed E-state index contributed by atoms with van der Waals surface area (Å²) in [6.07, 6.45) is 2.80. The Kier molecular flexibility index (Phi) is 4.63. The molecule has 2 fully saturated rings. The van der Waals surface area contributed by atoms with Gasteiger partial charge in [-0.2, -0.15) is 0 Å². The van der Waals surface area contributed by atoms with Gasteiger partial charge < -0.3 is 20.1 Å². The van der Waals surface area contributed by atoms with E-state index in [2.05, 4.69) is 12.2 Å². The molecule has 2 rings (SSSR count). The molecule has 0 aromatic heterocycles. The van der Waals surface area contributed by atoms with Gasteiger partial charge in [-0.1, -0.05) is 6.92 Å². The third-order valence-corrected chi connectivity index (χ3v) is 3.76. The number of hydrogen-bond donors (Lipinski definition) is 2. The molecule has 1 aliphatic carbocycles. The van der Waals surface area contributed by atoms with Crippen LogP contribution in [0.4, 0.5) is 4.79 Å². The summed E-state index contributed by atoms with van der Waals surface area (Å²) in [4.78, 5) is 24.5. The number of carboxylic acids is 1. The van der Waals surface area contributed by atoms with Crippen LogP contribution in [0.25, 0.3) is 0 Å². The van der Waals surface area contributed by atoms with E-state index in [-0.39, 0.29) is 24.5 Å². The van der Waals surface area contributed by atoms with Crippen molar-refractivity contribution in [2.75, 3.05) is 19.8 Å². The van der Waals surface area contributed by atoms with Crippen molar-refractivity contribution >= 4 is 12.0 Å². The number of carboxylic acid groups (broad SMARTS) is 1. The quantitative estimate of drug-likeness (QED) is 0.783. The van der Waals surface area contributed by atoms with E-state index >= 15 is 0 Å². The molecular formula is C13H22N2O4. The monoisotopic (exact) mass is 270 g/mol. The van der Waals surface area contributed by atoms with E-state index in [0.29, 0.717) is 25.7 Å². The van der Waals surface area contributed by atoms with Gasteiger partial charge in [0.15, 0.2) is 0 Å². The van der Waals surface area contributed by atoms with E-state index in [1.165, 1.54) is 0 Å². The molecule has 0 radical (unpaired) electrons. The molecule has 0 spiro atoms. The number of hydrogen-bond acceptors (Lipinski definition) is 3. The van der Waals surface area contributed by atoms with Crippen molar-refractivity contribution in [3.05, 3.63) is 0 Å². The van der Waals surface area contributed by atoms with E-state index in [9.17, 15) is 9.59 Å². The maximum atomic E-state index is 12.2. The van der Waals surface area contributed by atoms with Gasteiger partial charge in [-0.15, -0.1) is 0 Å². The number of amides is 2. The van der Waals surface area contributed by atoms with Crippen molar-refractivity contribution in [1.29, 1.82) is 0 Å². The lowest BCUT2D eigenvalue weighted by molar-refractivity contribution is -0.137. The summed E-state index contributed by atoms with van der Waals surface area (Å²) in [5, 5.41) is 11.8. The molecule has 2 unspecified atom stereocenters. The maximum Gasteiger partial charge on any atom is 0.317 e. The fourth-order valence-electron chi connectivity index (χ4n) is 2.39. The lowest BCUT2D eigenvalue weighted by atomic mass is 9.98. The van der Waals surface area contributed by atoms with Crippen molar-refractivity contribution in [3.63, 3.8) is 0 Å². The Balaban J connectivity index is 1.86. The second-order valence-corrected chi connectivity index (χ2v) is 5.47. The topological polar surface area (TPSA) is 78.9 Å². The highest BCUT2D eigenvalue weighted by Gasteiger charge is 2.34. The van der Waals surface area contributed by atoms with Crippen LogP contribution in [-0.4, -0.2) is 53.8 Å². The number of urea groups is 1. The lowest BCUT2D eigenvalue weighted by Crippen LogP contribution is -2.50. The highest BCUT2D eigenvalue weighted by molar-refractivity contribution is 5.76. The molecule has 6 nitrogen and oxygen atoms in total. The van der Waals surface area contributed by atoms with Crippen LogP contribution >= 0.6 is 0 Å². The molecule has 2 N–H and O–H groups in total. The molecule has 108 valence electrons. The SMILES string of the molecule is CC1COCCC1NC(=O)N(CCC(=O)O)C1CC1. The van der Waals surface area contributed by atoms with Gasteiger partial charge in [0, 0.05) is 25.2 Å². The first-order chi connectivity index (χ1) is 9.08. The highest BCUT2D eigenvalue weighted by atomic mass is 16.5. The fourth-order valence-corrected chi connectivity index (χ4v) is 2.39. The molecule has 0 aromatic rings. The Bertz CT molecular complexity index is 344. The lowest BCUT2D eigenvalue weighted by Gasteiger charge is -2.32. The van der Waals surface area contributed by atoms with E-state index in [1.807, 2.05) is 0 Å². The Morgan fingerprint density at radius 3 is 2.68 bits per heavy atom. The van der Waals surface area contributed by atoms with Crippen LogP contribution in [0.15, 0.2) is 0 Å². The molecule has 0 bridgehead atoms. The average molecular weight is 270 g/mol. The number of nitrogens with zero attached hydrogens (tertiary/aromatic N) is 1. The van der Waals surface area contributed by atoms with Gasteiger partial charge in [-0.3, -0.25) is 4.79 Å². The van der Waals surface area contributed by atoms with Crippen LogP contribution in [0, 0.1) is 5.92 Å². The van der Waals surface area contributed by atoms with Crippen LogP contribution in [0.3, 0.4) is 0 Å². The second-order valence-electron chi connectivity index (χ2n) is 5.47. The number of ether oxygens (including phenoxy) is 1. The average Bonchev–Trinajstić information content (AvgIpc) is 3.16. The van der Waals surface area contributed by atoms with Crippen molar-refractivity contribution in [2.24, 2.45) is 5.92 Å². The normalized spacial score (nSPS) is 26.8. The molecule has 1 saturated heterocycles. The van der Waals surface area contributed by atoms with E-state index in [1.54, 1.807) is 4.90 Å². The summed E-state index contributed by atoms with van der Waals surface area (Å²) in [7, 11) is 0. The van der Waals surface area contributed by atoms with Gasteiger partial charge in [0.1, 0.15) is 0 Å². The van der Waals surface area contributed by atoms with Gasteiger partial charge in [0.2, 0.25) is 0 Å². The third kappa shape index (κ3) is 4.09. The Hall–Kier alpha value is -1.30. The van der Waals surface area contributed by atoms with Crippen molar-refractivity contribution < 1.29 is 19.4 Å². The third-order valence-electron chi connectivity index (χ3n) is 3.76. The zero-order valence-electron chi connectivity index (χ0n) is 11.3. The largest absolute Gasteiger partial charge is 0.481 e. The standard InChI is InChI=1S/C13H22N2O4/c1-9-8-19-7-5-11(9)14-13(18)15(10-2-3-10)6-4-12(16)17/h9-11H,2-8H2,1H3,(H,14,18)(H,16,17). The van der Waals surface area contributed by atoms with E-state index < -0.39 is 5.97 Å². The molecule has 2 aliphatic rings. The second kappa shape index (κ2) is 6.23. The Morgan fingerprint density at radius 1 is 1.37 bits per heavy atom. The minimum atomic E-state index is -0.863. The molecular weight excluding hydrogens is 248 g/mol. The van der Waals surface area contributed by atoms with Crippen LogP contribution in [0.2, 0.25) is 0 Å². The van der Waals surface area contributed by atoms with Gasteiger partial charge in [0.25, 0.3) is 0 Å². The first kappa shape index (κ1) is 14.1. The van der Waals surface area contributed by atoms with Crippen molar-refractivity contribution in [2.45, 2.75) is 44.7 Å². The molecule has 2 amide bonds. The first-order valence-electron chi connectivity index (χ1n) is 6.94. The van der Waals surface area contributed by atoms with Crippen LogP contribution in [0.1, 0.15) is 32.6 Å². The summed E-state index contributed by atoms with van der Waals surface area (Å²) in [5.41, 5.74) is 0. The predicted octanol–water partition coefficient (Wildman–Crippen LogP) is 1.06. The molecule has 1 saturated carbocycles. The van der Waals surface area contributed by atoms with Crippen LogP contribution in [-0.2, 0) is 9.53 Å². The summed E-state index contributed by atoms with van der Waals surface area (Å²) in [6.45, 7) is 3.70. The Morgan fingerprint density at radius 2 is 2.11 bits per heavy atom. The summed E-state index contributed by atoms with van der Waals surface area (Å²) in [6, 6.07) is 0.240. The van der Waals surface area contributed by atoms with Gasteiger partial charge in [-0.25, -0.2) is 4.79 Å². The predicted molar refractivity (Wildman–Crippen MR) is 68.9 cm³/mol. The smallest absolute Gasteiger partial charge is 0.317 e. The number of rotatable bonds is 5. The van der Waals surface area contributed by atoms with Gasteiger partial charge >= 0.3 is 12.0 Å². The molecule has 19 heavy (non-hydrogen) atoms. The van der Waals surface area contributed by atoms with Crippen molar-refractivity contribution in [1.82, 2.24) is 10.2 Å². The number of carbonyl (C=O) groups is 2. The molecule has 1 aliphatic heterocycles. The first-order valence-corrected chi connectivity index (χ1v) is 6.94. The number of aliphatic carboxylic acids is 1. The van der Waals surface area contributed by atoms with Gasteiger partial charge in [0.05, 0.1) is 13.0 Å². The molecule has 0 aromatic carbocycles. The summed E-state index contributed by atoms with van der Waals surface area (Å²) < 4.78 is 5.35. The van der Waals surface area contributed by atoms with Gasteiger partial charge in [-0.05, 0) is 25.2 Å². The zero-order valence-corrected chi connectivity index (χ0v) is 11.3. The fraction of sp³-hybridized carbons (Fsp3) is 0.846. The summed E-state index contributed by atoms with van der Waals surface area (Å²) >= 11 is 0. The van der Waals surface area contributed by atoms with E-state index in [0.717, 1.165) is 19.3 Å². The molecule has 1 heterocycles. The van der Waals surface area contributed by atoms with Crippen molar-refractivity contribution in [3.8, 4) is 0 Å². The summed E-state index contributed by atoms with van der Waals surface area (Å²) in [5.74, 6) is -0.559. The minimum absolute atomic E-state index is 0.00719. The van der Waals surface area contributed by atoms with E-state index in [4.69, 9.17) is 9.84 Å². The highest BCUT2D eigenvalue weighted by Crippen LogP contribution is 2.27. The number of carbonyl (C=O) groups excluding carboxylic acids is 1. The number of nitrogens with one attached hydrogen (secondary N) is 1. The zero-order chi connectivity index (χ0) is 13.8. The maximum absolute atomic E-state index is 12.2. The Labute approximate surface area is 113 Å². The molecule has 2 atom stereocenters. The minimum Gasteiger partial charge on any atom is -0.481 e. The molecule has 6 heteroatoms. The van der Waals surface area contributed by atoms with Crippen LogP contribution < -0.4 is 5.32 Å².